The van der Waals surface area contributed by atoms with Gasteiger partial charge in [0, 0.05) is 5.56 Å². The van der Waals surface area contributed by atoms with Crippen LogP contribution in [0.15, 0.2) is 72.8 Å². The average molecular weight is 328 g/mol. The topological polar surface area (TPSA) is 17.1 Å². The molecule has 0 aromatic heterocycles. The first kappa shape index (κ1) is 17.2. The van der Waals surface area contributed by atoms with Crippen molar-refractivity contribution in [3.8, 4) is 11.1 Å². The normalized spacial score (nSPS) is 10.6. The lowest BCUT2D eigenvalue weighted by atomic mass is 9.99. The molecule has 0 aliphatic carbocycles. The highest BCUT2D eigenvalue weighted by molar-refractivity contribution is 5.94. The number of rotatable bonds is 6. The van der Waals surface area contributed by atoms with E-state index in [2.05, 4.69) is 67.6 Å². The number of ketones is 1. The fraction of sp³-hybridized carbons (Fsp3) is 0.208. The van der Waals surface area contributed by atoms with E-state index in [1.54, 1.807) is 6.92 Å². The predicted molar refractivity (Wildman–Crippen MR) is 105 cm³/mol. The van der Waals surface area contributed by atoms with Crippen LogP contribution >= 0.6 is 0 Å². The maximum atomic E-state index is 11.3. The van der Waals surface area contributed by atoms with E-state index in [4.69, 9.17) is 0 Å². The molecule has 0 aliphatic heterocycles. The van der Waals surface area contributed by atoms with Crippen LogP contribution in [-0.4, -0.2) is 5.78 Å². The molecular formula is C24H24O. The van der Waals surface area contributed by atoms with Crippen LogP contribution in [0.2, 0.25) is 0 Å². The van der Waals surface area contributed by atoms with Crippen LogP contribution in [0.1, 0.15) is 40.9 Å². The molecule has 126 valence electrons. The Morgan fingerprint density at radius 1 is 0.640 bits per heavy atom. The Bertz CT molecular complexity index is 825. The molecule has 1 heteroatoms. The molecule has 3 aromatic carbocycles. The van der Waals surface area contributed by atoms with Gasteiger partial charge in [0.1, 0.15) is 0 Å². The van der Waals surface area contributed by atoms with Gasteiger partial charge in [0.05, 0.1) is 0 Å². The second-order valence-corrected chi connectivity index (χ2v) is 6.50. The van der Waals surface area contributed by atoms with Gasteiger partial charge in [-0.15, -0.1) is 0 Å². The Kier molecular flexibility index (Phi) is 5.45. The van der Waals surface area contributed by atoms with Gasteiger partial charge in [-0.3, -0.25) is 4.79 Å². The minimum absolute atomic E-state index is 0.120. The Hall–Kier alpha value is -2.67. The Morgan fingerprint density at radius 2 is 1.04 bits per heavy atom. The van der Waals surface area contributed by atoms with E-state index in [9.17, 15) is 4.79 Å². The molecule has 1 nitrogen and oxygen atoms in total. The summed E-state index contributed by atoms with van der Waals surface area (Å²) in [6.07, 6.45) is 3.07. The van der Waals surface area contributed by atoms with Crippen molar-refractivity contribution in [3.05, 3.63) is 95.1 Å². The van der Waals surface area contributed by atoms with Crippen molar-refractivity contribution < 1.29 is 4.79 Å². The summed E-state index contributed by atoms with van der Waals surface area (Å²) in [5, 5.41) is 0. The van der Waals surface area contributed by atoms with Gasteiger partial charge in [-0.05, 0) is 54.0 Å². The van der Waals surface area contributed by atoms with E-state index in [-0.39, 0.29) is 5.78 Å². The highest BCUT2D eigenvalue weighted by Crippen LogP contribution is 2.21. The van der Waals surface area contributed by atoms with E-state index in [0.717, 1.165) is 24.8 Å². The van der Waals surface area contributed by atoms with Gasteiger partial charge >= 0.3 is 0 Å². The lowest BCUT2D eigenvalue weighted by molar-refractivity contribution is 0.101. The second kappa shape index (κ2) is 7.94. The monoisotopic (exact) mass is 328 g/mol. The van der Waals surface area contributed by atoms with Crippen molar-refractivity contribution in [3.63, 3.8) is 0 Å². The molecule has 25 heavy (non-hydrogen) atoms. The van der Waals surface area contributed by atoms with Crippen molar-refractivity contribution in [2.45, 2.75) is 33.1 Å². The third-order valence-corrected chi connectivity index (χ3v) is 4.71. The van der Waals surface area contributed by atoms with E-state index >= 15 is 0 Å². The highest BCUT2D eigenvalue weighted by atomic mass is 16.1. The molecule has 0 spiro atoms. The van der Waals surface area contributed by atoms with Crippen LogP contribution < -0.4 is 0 Å². The zero-order chi connectivity index (χ0) is 17.6. The molecule has 0 saturated heterocycles. The summed E-state index contributed by atoms with van der Waals surface area (Å²) >= 11 is 0. The third kappa shape index (κ3) is 4.45. The maximum Gasteiger partial charge on any atom is 0.159 e. The first-order valence-corrected chi connectivity index (χ1v) is 8.94. The number of hydrogen-bond donors (Lipinski definition) is 0. The molecule has 0 unspecified atom stereocenters. The van der Waals surface area contributed by atoms with Gasteiger partial charge in [0.2, 0.25) is 0 Å². The van der Waals surface area contributed by atoms with Gasteiger partial charge in [-0.1, -0.05) is 79.7 Å². The molecule has 0 amide bonds. The Balaban J connectivity index is 1.63. The standard InChI is InChI=1S/C24H24O/c1-3-19-6-14-23(15-7-19)24-16-10-21(11-17-24)5-4-20-8-12-22(13-9-20)18(2)25/h6-17H,3-5H2,1-2H3. The summed E-state index contributed by atoms with van der Waals surface area (Å²) in [6, 6.07) is 25.6. The van der Waals surface area contributed by atoms with Gasteiger partial charge < -0.3 is 0 Å². The quantitative estimate of drug-likeness (QED) is 0.515. The van der Waals surface area contributed by atoms with Crippen molar-refractivity contribution in [1.29, 1.82) is 0 Å². The zero-order valence-electron chi connectivity index (χ0n) is 15.0. The summed E-state index contributed by atoms with van der Waals surface area (Å²) in [7, 11) is 0. The lowest BCUT2D eigenvalue weighted by Gasteiger charge is -2.06. The summed E-state index contributed by atoms with van der Waals surface area (Å²) in [6.45, 7) is 3.78. The molecule has 0 radical (unpaired) electrons. The number of carbonyl (C=O) groups is 1. The fourth-order valence-electron chi connectivity index (χ4n) is 2.99. The minimum Gasteiger partial charge on any atom is -0.295 e. The number of aryl methyl sites for hydroxylation is 3. The van der Waals surface area contributed by atoms with E-state index in [1.165, 1.54) is 27.8 Å². The Labute approximate surface area is 150 Å². The first-order chi connectivity index (χ1) is 12.2. The lowest BCUT2D eigenvalue weighted by Crippen LogP contribution is -1.94. The summed E-state index contributed by atoms with van der Waals surface area (Å²) in [5.41, 5.74) is 7.29. The molecule has 0 fully saturated rings. The summed E-state index contributed by atoms with van der Waals surface area (Å²) < 4.78 is 0. The van der Waals surface area contributed by atoms with Crippen LogP contribution in [0.25, 0.3) is 11.1 Å². The molecule has 0 bridgehead atoms. The largest absolute Gasteiger partial charge is 0.295 e. The van der Waals surface area contributed by atoms with E-state index < -0.39 is 0 Å². The second-order valence-electron chi connectivity index (χ2n) is 6.50. The fourth-order valence-corrected chi connectivity index (χ4v) is 2.99. The minimum atomic E-state index is 0.120. The molecule has 3 rings (SSSR count). The average Bonchev–Trinajstić information content (AvgIpc) is 2.67. The van der Waals surface area contributed by atoms with Crippen LogP contribution in [0.3, 0.4) is 0 Å². The summed E-state index contributed by atoms with van der Waals surface area (Å²) in [4.78, 5) is 11.3. The Morgan fingerprint density at radius 3 is 1.44 bits per heavy atom. The van der Waals surface area contributed by atoms with Gasteiger partial charge in [-0.25, -0.2) is 0 Å². The van der Waals surface area contributed by atoms with E-state index in [0.29, 0.717) is 0 Å². The van der Waals surface area contributed by atoms with Crippen molar-refractivity contribution in [1.82, 2.24) is 0 Å². The van der Waals surface area contributed by atoms with Crippen LogP contribution in [0.4, 0.5) is 0 Å². The molecule has 0 saturated carbocycles. The van der Waals surface area contributed by atoms with Crippen LogP contribution in [0, 0.1) is 0 Å². The molecule has 0 atom stereocenters. The summed E-state index contributed by atoms with van der Waals surface area (Å²) in [5.74, 6) is 0.120. The van der Waals surface area contributed by atoms with Crippen molar-refractivity contribution in [2.24, 2.45) is 0 Å². The first-order valence-electron chi connectivity index (χ1n) is 8.94. The molecule has 0 aliphatic rings. The van der Waals surface area contributed by atoms with Gasteiger partial charge in [0.15, 0.2) is 5.78 Å². The van der Waals surface area contributed by atoms with Crippen LogP contribution in [-0.2, 0) is 19.3 Å². The van der Waals surface area contributed by atoms with Crippen LogP contribution in [0.5, 0.6) is 0 Å². The predicted octanol–water partition coefficient (Wildman–Crippen LogP) is 5.90. The van der Waals surface area contributed by atoms with Crippen molar-refractivity contribution in [2.75, 3.05) is 0 Å². The zero-order valence-corrected chi connectivity index (χ0v) is 15.0. The third-order valence-electron chi connectivity index (χ3n) is 4.71. The highest BCUT2D eigenvalue weighted by Gasteiger charge is 2.02. The molecular weight excluding hydrogens is 304 g/mol. The number of hydrogen-bond acceptors (Lipinski definition) is 1. The smallest absolute Gasteiger partial charge is 0.159 e. The number of carbonyl (C=O) groups excluding carboxylic acids is 1. The van der Waals surface area contributed by atoms with Gasteiger partial charge in [-0.2, -0.15) is 0 Å². The molecule has 0 N–H and O–H groups in total. The van der Waals surface area contributed by atoms with E-state index in [1.807, 2.05) is 12.1 Å². The molecule has 3 aromatic rings. The number of Topliss-reactive ketones (excluding diaryl/α,β-unsaturated/α-hetero) is 1. The number of benzene rings is 3. The van der Waals surface area contributed by atoms with Crippen molar-refractivity contribution >= 4 is 5.78 Å². The SMILES string of the molecule is CCc1ccc(-c2ccc(CCc3ccc(C(C)=O)cc3)cc2)cc1. The van der Waals surface area contributed by atoms with Gasteiger partial charge in [0.25, 0.3) is 0 Å². The molecule has 0 heterocycles. The maximum absolute atomic E-state index is 11.3.